The summed E-state index contributed by atoms with van der Waals surface area (Å²) in [6, 6.07) is 4.70. The first-order chi connectivity index (χ1) is 13.8. The zero-order valence-electron chi connectivity index (χ0n) is 18.4. The molecule has 8 heteroatoms. The van der Waals surface area contributed by atoms with E-state index in [9.17, 15) is 0 Å². The molecule has 1 aliphatic rings. The van der Waals surface area contributed by atoms with Crippen molar-refractivity contribution in [2.75, 3.05) is 65.6 Å². The lowest BCUT2D eigenvalue weighted by atomic mass is 10.2. The van der Waals surface area contributed by atoms with Crippen molar-refractivity contribution in [2.45, 2.75) is 39.7 Å². The molecule has 1 unspecified atom stereocenters. The normalized spacial score (nSPS) is 16.5. The zero-order chi connectivity index (χ0) is 20.0. The van der Waals surface area contributed by atoms with Gasteiger partial charge < -0.3 is 20.3 Å². The van der Waals surface area contributed by atoms with Gasteiger partial charge in [-0.05, 0) is 50.8 Å². The first-order valence-corrected chi connectivity index (χ1v) is 11.8. The van der Waals surface area contributed by atoms with Crippen LogP contribution in [0.1, 0.15) is 44.5 Å². The smallest absolute Gasteiger partial charge is 0.191 e. The molecule has 168 valence electrons. The molecule has 1 fully saturated rings. The highest BCUT2D eigenvalue weighted by Crippen LogP contribution is 2.26. The van der Waals surface area contributed by atoms with Gasteiger partial charge in [0.25, 0.3) is 0 Å². The molecule has 0 spiro atoms. The highest BCUT2D eigenvalue weighted by Gasteiger charge is 2.23. The molecular formula is C21H40IN5OS. The summed E-state index contributed by atoms with van der Waals surface area (Å²) in [7, 11) is 0. The minimum Gasteiger partial charge on any atom is -0.379 e. The molecule has 2 N–H and O–H groups in total. The van der Waals surface area contributed by atoms with Crippen molar-refractivity contribution in [2.24, 2.45) is 4.99 Å². The number of unbranched alkanes of at least 4 members (excludes halogenated alkanes) is 1. The van der Waals surface area contributed by atoms with Gasteiger partial charge in [-0.1, -0.05) is 19.9 Å². The monoisotopic (exact) mass is 537 g/mol. The highest BCUT2D eigenvalue weighted by atomic mass is 127. The van der Waals surface area contributed by atoms with E-state index in [0.29, 0.717) is 6.04 Å². The number of nitrogens with zero attached hydrogens (tertiary/aromatic N) is 3. The molecule has 2 heterocycles. The Balaban J connectivity index is 0.00000420. The molecule has 0 aliphatic carbocycles. The molecule has 6 nitrogen and oxygen atoms in total. The molecule has 0 aromatic carbocycles. The van der Waals surface area contributed by atoms with E-state index in [1.54, 1.807) is 0 Å². The van der Waals surface area contributed by atoms with Gasteiger partial charge in [-0.3, -0.25) is 9.89 Å². The topological polar surface area (TPSA) is 52.1 Å². The number of hydrogen-bond donors (Lipinski definition) is 2. The maximum Gasteiger partial charge on any atom is 0.191 e. The van der Waals surface area contributed by atoms with Crippen LogP contribution >= 0.6 is 35.3 Å². The Kier molecular flexibility index (Phi) is 15.0. The molecule has 1 aromatic rings. The Labute approximate surface area is 198 Å². The van der Waals surface area contributed by atoms with Gasteiger partial charge in [-0.2, -0.15) is 0 Å². The number of morpholine rings is 1. The Bertz CT molecular complexity index is 533. The van der Waals surface area contributed by atoms with Crippen LogP contribution in [0.3, 0.4) is 0 Å². The van der Waals surface area contributed by atoms with Gasteiger partial charge in [0.05, 0.1) is 25.8 Å². The van der Waals surface area contributed by atoms with Crippen LogP contribution in [0.15, 0.2) is 22.5 Å². The Hall–Kier alpha value is -0.420. The lowest BCUT2D eigenvalue weighted by molar-refractivity contribution is 0.0186. The summed E-state index contributed by atoms with van der Waals surface area (Å²) >= 11 is 1.82. The maximum absolute atomic E-state index is 5.54. The van der Waals surface area contributed by atoms with E-state index in [2.05, 4.69) is 58.7 Å². The molecular weight excluding hydrogens is 497 g/mol. The second-order valence-electron chi connectivity index (χ2n) is 7.06. The molecule has 2 rings (SSSR count). The summed E-state index contributed by atoms with van der Waals surface area (Å²) in [5.41, 5.74) is 0. The number of thiophene rings is 1. The lowest BCUT2D eigenvalue weighted by Gasteiger charge is -2.33. The van der Waals surface area contributed by atoms with Gasteiger partial charge >= 0.3 is 0 Å². The SMILES string of the molecule is CCNC(=NCC(c1cccs1)N1CCOCC1)NCCCCN(CC)CC.I. The second kappa shape index (κ2) is 16.3. The van der Waals surface area contributed by atoms with Crippen molar-refractivity contribution in [3.63, 3.8) is 0 Å². The molecule has 1 aliphatic heterocycles. The molecule has 0 amide bonds. The number of aliphatic imine (C=N–C) groups is 1. The first kappa shape index (κ1) is 26.6. The fraction of sp³-hybridized carbons (Fsp3) is 0.762. The summed E-state index contributed by atoms with van der Waals surface area (Å²) in [5.74, 6) is 0.931. The number of guanidine groups is 1. The van der Waals surface area contributed by atoms with Crippen LogP contribution in [0.4, 0.5) is 0 Å². The minimum absolute atomic E-state index is 0. The predicted molar refractivity (Wildman–Crippen MR) is 136 cm³/mol. The molecule has 1 atom stereocenters. The predicted octanol–water partition coefficient (Wildman–Crippen LogP) is 3.42. The van der Waals surface area contributed by atoms with Crippen molar-refractivity contribution in [1.29, 1.82) is 0 Å². The van der Waals surface area contributed by atoms with E-state index in [1.807, 2.05) is 11.3 Å². The van der Waals surface area contributed by atoms with Crippen molar-refractivity contribution >= 4 is 41.3 Å². The summed E-state index contributed by atoms with van der Waals surface area (Å²) in [4.78, 5) is 11.3. The molecule has 0 radical (unpaired) electrons. The molecule has 29 heavy (non-hydrogen) atoms. The van der Waals surface area contributed by atoms with E-state index < -0.39 is 0 Å². The van der Waals surface area contributed by atoms with Crippen LogP contribution in [-0.4, -0.2) is 81.3 Å². The van der Waals surface area contributed by atoms with E-state index >= 15 is 0 Å². The van der Waals surface area contributed by atoms with Crippen molar-refractivity contribution < 1.29 is 4.74 Å². The first-order valence-electron chi connectivity index (χ1n) is 10.9. The summed E-state index contributed by atoms with van der Waals surface area (Å²) in [6.07, 6.45) is 2.39. The molecule has 0 saturated carbocycles. The standard InChI is InChI=1S/C21H39N5OS.HI/c1-4-22-21(23-11-7-8-12-25(5-2)6-3)24-18-19(20-10-9-17-28-20)26-13-15-27-16-14-26;/h9-10,17,19H,4-8,11-16,18H2,1-3H3,(H2,22,23,24);1H. The average molecular weight is 538 g/mol. The number of nitrogens with one attached hydrogen (secondary N) is 2. The zero-order valence-corrected chi connectivity index (χ0v) is 21.5. The van der Waals surface area contributed by atoms with Gasteiger partial charge in [-0.25, -0.2) is 0 Å². The number of hydrogen-bond acceptors (Lipinski definition) is 5. The van der Waals surface area contributed by atoms with E-state index in [1.165, 1.54) is 24.3 Å². The van der Waals surface area contributed by atoms with Crippen molar-refractivity contribution in [1.82, 2.24) is 20.4 Å². The quantitative estimate of drug-likeness (QED) is 0.185. The lowest BCUT2D eigenvalue weighted by Crippen LogP contribution is -2.41. The number of halogens is 1. The second-order valence-corrected chi connectivity index (χ2v) is 8.04. The van der Waals surface area contributed by atoms with Crippen LogP contribution in [-0.2, 0) is 4.74 Å². The highest BCUT2D eigenvalue weighted by molar-refractivity contribution is 14.0. The summed E-state index contributed by atoms with van der Waals surface area (Å²) in [6.45, 7) is 16.3. The Morgan fingerprint density at radius 3 is 2.59 bits per heavy atom. The minimum atomic E-state index is 0. The fourth-order valence-corrected chi connectivity index (χ4v) is 4.33. The largest absolute Gasteiger partial charge is 0.379 e. The molecule has 1 aromatic heterocycles. The van der Waals surface area contributed by atoms with Crippen LogP contribution in [0, 0.1) is 0 Å². The van der Waals surface area contributed by atoms with Crippen LogP contribution in [0.2, 0.25) is 0 Å². The van der Waals surface area contributed by atoms with Crippen LogP contribution in [0.25, 0.3) is 0 Å². The van der Waals surface area contributed by atoms with E-state index in [4.69, 9.17) is 9.73 Å². The van der Waals surface area contributed by atoms with Crippen molar-refractivity contribution in [3.05, 3.63) is 22.4 Å². The number of ether oxygens (including phenoxy) is 1. The third-order valence-corrected chi connectivity index (χ3v) is 6.19. The molecule has 1 saturated heterocycles. The Morgan fingerprint density at radius 2 is 1.97 bits per heavy atom. The maximum atomic E-state index is 5.54. The van der Waals surface area contributed by atoms with Gasteiger partial charge in [0.15, 0.2) is 5.96 Å². The van der Waals surface area contributed by atoms with Gasteiger partial charge in [0.2, 0.25) is 0 Å². The summed E-state index contributed by atoms with van der Waals surface area (Å²) < 4.78 is 5.54. The van der Waals surface area contributed by atoms with Gasteiger partial charge in [-0.15, -0.1) is 35.3 Å². The third kappa shape index (κ3) is 9.95. The van der Waals surface area contributed by atoms with Gasteiger partial charge in [0, 0.05) is 31.1 Å². The Morgan fingerprint density at radius 1 is 1.21 bits per heavy atom. The van der Waals surface area contributed by atoms with Crippen LogP contribution in [0.5, 0.6) is 0 Å². The van der Waals surface area contributed by atoms with Crippen LogP contribution < -0.4 is 10.6 Å². The summed E-state index contributed by atoms with van der Waals surface area (Å²) in [5, 5.41) is 9.07. The third-order valence-electron chi connectivity index (χ3n) is 5.21. The van der Waals surface area contributed by atoms with E-state index in [-0.39, 0.29) is 24.0 Å². The average Bonchev–Trinajstić information content (AvgIpc) is 3.26. The van der Waals surface area contributed by atoms with Crippen molar-refractivity contribution in [3.8, 4) is 0 Å². The van der Waals surface area contributed by atoms with Gasteiger partial charge in [0.1, 0.15) is 0 Å². The fourth-order valence-electron chi connectivity index (χ4n) is 3.48. The number of rotatable bonds is 12. The molecule has 0 bridgehead atoms. The van der Waals surface area contributed by atoms with E-state index in [0.717, 1.165) is 65.0 Å².